The zero-order valence-electron chi connectivity index (χ0n) is 18.5. The monoisotopic (exact) mass is 459 g/mol. The Morgan fingerprint density at radius 2 is 1.97 bits per heavy atom. The second-order valence-electron chi connectivity index (χ2n) is 7.52. The van der Waals surface area contributed by atoms with Gasteiger partial charge in [-0.2, -0.15) is 0 Å². The molecule has 0 saturated carbocycles. The largest absolute Gasteiger partial charge is 0.464 e. The van der Waals surface area contributed by atoms with Crippen molar-refractivity contribution in [2.75, 3.05) is 26.0 Å². The summed E-state index contributed by atoms with van der Waals surface area (Å²) in [4.78, 5) is 16.8. The molecule has 0 aliphatic rings. The fraction of sp³-hybridized carbons (Fsp3) is 0.364. The van der Waals surface area contributed by atoms with Crippen LogP contribution >= 0.6 is 0 Å². The maximum atomic E-state index is 12.7. The van der Waals surface area contributed by atoms with E-state index < -0.39 is 10.0 Å². The summed E-state index contributed by atoms with van der Waals surface area (Å²) >= 11 is 0. The second-order valence-corrected chi connectivity index (χ2v) is 9.67. The summed E-state index contributed by atoms with van der Waals surface area (Å²) in [5.41, 5.74) is 0.790. The van der Waals surface area contributed by atoms with Crippen LogP contribution in [-0.2, 0) is 29.5 Å². The number of amides is 1. The molecule has 1 amide bonds. The number of carbonyl (C=O) groups excluding carboxylic acids is 1. The molecule has 0 bridgehead atoms. The highest BCUT2D eigenvalue weighted by molar-refractivity contribution is 7.89. The molecule has 3 rings (SSSR count). The molecule has 172 valence electrons. The van der Waals surface area contributed by atoms with E-state index in [0.29, 0.717) is 18.8 Å². The first-order chi connectivity index (χ1) is 15.3. The van der Waals surface area contributed by atoms with Crippen LogP contribution in [0.5, 0.6) is 0 Å². The number of hydrogen-bond donors (Lipinski definition) is 2. The number of furan rings is 1. The maximum absolute atomic E-state index is 12.7. The van der Waals surface area contributed by atoms with Gasteiger partial charge >= 0.3 is 0 Å². The van der Waals surface area contributed by atoms with Gasteiger partial charge in [-0.1, -0.05) is 6.92 Å². The number of hydrogen-bond acceptors (Lipinski definition) is 6. The average molecular weight is 460 g/mol. The normalized spacial score (nSPS) is 11.6. The standard InChI is InChI=1S/C22H29N5O4S/c1-4-19-6-7-20(31-19)15-25-18-12-17(13-21(14-18)32(29,30)26(2)3)22(28)24-8-5-10-27-11-9-23-16-27/h6-7,9,11-14,16,25H,4-5,8,10,15H2,1-3H3,(H,24,28). The fourth-order valence-electron chi connectivity index (χ4n) is 3.07. The summed E-state index contributed by atoms with van der Waals surface area (Å²) in [5.74, 6) is 1.27. The highest BCUT2D eigenvalue weighted by Crippen LogP contribution is 2.22. The van der Waals surface area contributed by atoms with Crippen LogP contribution in [0.2, 0.25) is 0 Å². The van der Waals surface area contributed by atoms with E-state index in [1.165, 1.54) is 26.2 Å². The smallest absolute Gasteiger partial charge is 0.251 e. The number of sulfonamides is 1. The molecule has 2 aromatic heterocycles. The summed E-state index contributed by atoms with van der Waals surface area (Å²) in [7, 11) is -0.796. The van der Waals surface area contributed by atoms with Crippen molar-refractivity contribution in [3.8, 4) is 0 Å². The molecule has 2 heterocycles. The number of benzene rings is 1. The molecule has 32 heavy (non-hydrogen) atoms. The summed E-state index contributed by atoms with van der Waals surface area (Å²) in [6, 6.07) is 8.35. The Morgan fingerprint density at radius 3 is 2.62 bits per heavy atom. The van der Waals surface area contributed by atoms with Gasteiger partial charge in [0.05, 0.1) is 17.8 Å². The summed E-state index contributed by atoms with van der Waals surface area (Å²) in [5, 5.41) is 6.02. The zero-order valence-corrected chi connectivity index (χ0v) is 19.4. The lowest BCUT2D eigenvalue weighted by atomic mass is 10.2. The van der Waals surface area contributed by atoms with Crippen LogP contribution in [0, 0.1) is 0 Å². The highest BCUT2D eigenvalue weighted by atomic mass is 32.2. The molecular weight excluding hydrogens is 430 g/mol. The van der Waals surface area contributed by atoms with Crippen molar-refractivity contribution in [3.63, 3.8) is 0 Å². The lowest BCUT2D eigenvalue weighted by Gasteiger charge is -2.15. The minimum atomic E-state index is -3.71. The molecular formula is C22H29N5O4S. The minimum absolute atomic E-state index is 0.0461. The van der Waals surface area contributed by atoms with Crippen molar-refractivity contribution < 1.29 is 17.6 Å². The van der Waals surface area contributed by atoms with Crippen molar-refractivity contribution in [1.29, 1.82) is 0 Å². The third-order valence-corrected chi connectivity index (χ3v) is 6.71. The summed E-state index contributed by atoms with van der Waals surface area (Å²) in [6.45, 7) is 3.56. The van der Waals surface area contributed by atoms with Crippen molar-refractivity contribution >= 4 is 21.6 Å². The molecule has 0 aliphatic carbocycles. The Kier molecular flexibility index (Phi) is 7.70. The van der Waals surface area contributed by atoms with Crippen LogP contribution in [0.25, 0.3) is 0 Å². The topological polar surface area (TPSA) is 109 Å². The SMILES string of the molecule is CCc1ccc(CNc2cc(C(=O)NCCCn3ccnc3)cc(S(=O)(=O)N(C)C)c2)o1. The third kappa shape index (κ3) is 5.98. The van der Waals surface area contributed by atoms with E-state index in [2.05, 4.69) is 15.6 Å². The van der Waals surface area contributed by atoms with Gasteiger partial charge in [-0.05, 0) is 36.8 Å². The molecule has 0 radical (unpaired) electrons. The molecule has 0 spiro atoms. The van der Waals surface area contributed by atoms with Crippen molar-refractivity contribution in [3.05, 3.63) is 66.1 Å². The van der Waals surface area contributed by atoms with Gasteiger partial charge in [0.15, 0.2) is 0 Å². The van der Waals surface area contributed by atoms with Gasteiger partial charge in [-0.25, -0.2) is 17.7 Å². The molecule has 0 saturated heterocycles. The number of nitrogens with zero attached hydrogens (tertiary/aromatic N) is 3. The van der Waals surface area contributed by atoms with Gasteiger partial charge in [-0.15, -0.1) is 0 Å². The van der Waals surface area contributed by atoms with Gasteiger partial charge in [-0.3, -0.25) is 4.79 Å². The van der Waals surface area contributed by atoms with E-state index in [0.717, 1.165) is 35.2 Å². The van der Waals surface area contributed by atoms with Crippen LogP contribution in [0.1, 0.15) is 35.2 Å². The van der Waals surface area contributed by atoms with Gasteiger partial charge < -0.3 is 19.6 Å². The lowest BCUT2D eigenvalue weighted by Crippen LogP contribution is -2.26. The van der Waals surface area contributed by atoms with E-state index in [1.807, 2.05) is 29.8 Å². The predicted molar refractivity (Wildman–Crippen MR) is 122 cm³/mol. The Bertz CT molecular complexity index is 1140. The third-order valence-electron chi connectivity index (χ3n) is 4.92. The van der Waals surface area contributed by atoms with E-state index in [-0.39, 0.29) is 16.4 Å². The first kappa shape index (κ1) is 23.6. The van der Waals surface area contributed by atoms with Crippen LogP contribution in [0.4, 0.5) is 5.69 Å². The predicted octanol–water partition coefficient (Wildman–Crippen LogP) is 2.72. The quantitative estimate of drug-likeness (QED) is 0.427. The van der Waals surface area contributed by atoms with Crippen molar-refractivity contribution in [2.24, 2.45) is 0 Å². The van der Waals surface area contributed by atoms with Crippen LogP contribution < -0.4 is 10.6 Å². The van der Waals surface area contributed by atoms with Crippen LogP contribution in [0.15, 0.2) is 58.4 Å². The minimum Gasteiger partial charge on any atom is -0.464 e. The molecule has 0 unspecified atom stereocenters. The molecule has 10 heteroatoms. The molecule has 0 aliphatic heterocycles. The van der Waals surface area contributed by atoms with E-state index >= 15 is 0 Å². The molecule has 0 fully saturated rings. The van der Waals surface area contributed by atoms with Crippen molar-refractivity contribution in [1.82, 2.24) is 19.2 Å². The summed E-state index contributed by atoms with van der Waals surface area (Å²) in [6.07, 6.45) is 6.80. The zero-order chi connectivity index (χ0) is 23.1. The number of carbonyl (C=O) groups is 1. The number of anilines is 1. The Balaban J connectivity index is 1.74. The van der Waals surface area contributed by atoms with E-state index in [9.17, 15) is 13.2 Å². The lowest BCUT2D eigenvalue weighted by molar-refractivity contribution is 0.0952. The molecule has 3 aromatic rings. The summed E-state index contributed by atoms with van der Waals surface area (Å²) < 4.78 is 34.2. The maximum Gasteiger partial charge on any atom is 0.251 e. The van der Waals surface area contributed by atoms with Gasteiger partial charge in [0.2, 0.25) is 10.0 Å². The van der Waals surface area contributed by atoms with Crippen molar-refractivity contribution in [2.45, 2.75) is 37.8 Å². The second kappa shape index (κ2) is 10.5. The van der Waals surface area contributed by atoms with E-state index in [1.54, 1.807) is 18.6 Å². The first-order valence-electron chi connectivity index (χ1n) is 10.4. The van der Waals surface area contributed by atoms with Crippen LogP contribution in [0.3, 0.4) is 0 Å². The number of nitrogens with one attached hydrogen (secondary N) is 2. The number of rotatable bonds is 11. The number of imidazole rings is 1. The average Bonchev–Trinajstić information content (AvgIpc) is 3.46. The number of aryl methyl sites for hydroxylation is 2. The molecule has 0 atom stereocenters. The fourth-order valence-corrected chi connectivity index (χ4v) is 4.05. The van der Waals surface area contributed by atoms with Gasteiger partial charge in [0, 0.05) is 57.3 Å². The Hall–Kier alpha value is -3.11. The Morgan fingerprint density at radius 1 is 1.19 bits per heavy atom. The highest BCUT2D eigenvalue weighted by Gasteiger charge is 2.20. The van der Waals surface area contributed by atoms with Gasteiger partial charge in [0.1, 0.15) is 11.5 Å². The van der Waals surface area contributed by atoms with E-state index in [4.69, 9.17) is 4.42 Å². The number of aromatic nitrogens is 2. The van der Waals surface area contributed by atoms with Gasteiger partial charge in [0.25, 0.3) is 5.91 Å². The molecule has 9 nitrogen and oxygen atoms in total. The molecule has 2 N–H and O–H groups in total. The molecule has 1 aromatic carbocycles. The first-order valence-corrected chi connectivity index (χ1v) is 11.9. The Labute approximate surface area is 188 Å². The van der Waals surface area contributed by atoms with Crippen LogP contribution in [-0.4, -0.2) is 48.8 Å².